The van der Waals surface area contributed by atoms with Crippen LogP contribution in [0.2, 0.25) is 0 Å². The molecule has 0 unspecified atom stereocenters. The van der Waals surface area contributed by atoms with Gasteiger partial charge in [-0.3, -0.25) is 0 Å². The van der Waals surface area contributed by atoms with Crippen molar-refractivity contribution in [3.63, 3.8) is 0 Å². The Hall–Kier alpha value is -3.26. The molecule has 8 heteroatoms. The third-order valence-electron chi connectivity index (χ3n) is 5.80. The van der Waals surface area contributed by atoms with Crippen molar-refractivity contribution in [1.82, 2.24) is 25.0 Å². The van der Waals surface area contributed by atoms with Crippen LogP contribution in [0.15, 0.2) is 35.0 Å². The number of nitrogens with one attached hydrogen (secondary N) is 1. The number of nitrogens with zero attached hydrogens (tertiary/aromatic N) is 5. The van der Waals surface area contributed by atoms with E-state index in [1.54, 1.807) is 6.20 Å². The molecule has 4 heterocycles. The minimum Gasteiger partial charge on any atom is -0.416 e. The van der Waals surface area contributed by atoms with Crippen LogP contribution in [0.1, 0.15) is 30.9 Å². The van der Waals surface area contributed by atoms with Gasteiger partial charge in [0.1, 0.15) is 0 Å². The van der Waals surface area contributed by atoms with Gasteiger partial charge < -0.3 is 14.5 Å². The summed E-state index contributed by atoms with van der Waals surface area (Å²) in [5.41, 5.74) is 5.82. The van der Waals surface area contributed by atoms with E-state index >= 15 is 0 Å². The van der Waals surface area contributed by atoms with Crippen LogP contribution in [0, 0.1) is 13.8 Å². The third kappa shape index (κ3) is 3.67. The van der Waals surface area contributed by atoms with Crippen molar-refractivity contribution in [2.75, 3.05) is 18.5 Å². The lowest BCUT2D eigenvalue weighted by molar-refractivity contribution is 0.0905. The zero-order valence-electron chi connectivity index (χ0n) is 18.1. The summed E-state index contributed by atoms with van der Waals surface area (Å²) >= 11 is 0. The van der Waals surface area contributed by atoms with Gasteiger partial charge >= 0.3 is 0 Å². The highest BCUT2D eigenvalue weighted by molar-refractivity contribution is 5.96. The highest BCUT2D eigenvalue weighted by atomic mass is 16.5. The van der Waals surface area contributed by atoms with Gasteiger partial charge in [0.2, 0.25) is 5.89 Å². The van der Waals surface area contributed by atoms with E-state index in [1.807, 2.05) is 16.9 Å². The fourth-order valence-corrected chi connectivity index (χ4v) is 4.12. The first kappa shape index (κ1) is 19.7. The van der Waals surface area contributed by atoms with Crippen molar-refractivity contribution in [3.8, 4) is 22.9 Å². The molecule has 0 amide bonds. The molecule has 1 fully saturated rings. The normalized spacial score (nSPS) is 14.9. The summed E-state index contributed by atoms with van der Waals surface area (Å²) in [5.74, 6) is 0.956. The largest absolute Gasteiger partial charge is 0.416 e. The van der Waals surface area contributed by atoms with Gasteiger partial charge in [0.15, 0.2) is 5.65 Å². The molecule has 1 N–H and O–H groups in total. The van der Waals surface area contributed by atoms with Gasteiger partial charge in [0.25, 0.3) is 5.89 Å². The number of hydrogen-bond donors (Lipinski definition) is 1. The van der Waals surface area contributed by atoms with E-state index in [9.17, 15) is 0 Å². The number of fused-ring (bicyclic) bond motifs is 1. The minimum absolute atomic E-state index is 0.310. The molecule has 5 rings (SSSR count). The Kier molecular flexibility index (Phi) is 5.15. The molecule has 1 aliphatic rings. The number of anilines is 1. The molecule has 0 atom stereocenters. The molecule has 3 aromatic heterocycles. The second-order valence-electron chi connectivity index (χ2n) is 8.01. The number of rotatable bonds is 5. The van der Waals surface area contributed by atoms with Crippen LogP contribution >= 0.6 is 0 Å². The molecular formula is C23H26N6O2. The smallest absolute Gasteiger partial charge is 0.251 e. The predicted molar refractivity (Wildman–Crippen MR) is 119 cm³/mol. The number of ether oxygens (including phenoxy) is 1. The average Bonchev–Trinajstić information content (AvgIpc) is 3.42. The summed E-state index contributed by atoms with van der Waals surface area (Å²) < 4.78 is 13.5. The summed E-state index contributed by atoms with van der Waals surface area (Å²) in [6.07, 6.45) is 5.56. The first-order valence-corrected chi connectivity index (χ1v) is 10.7. The Morgan fingerprint density at radius 1 is 1.06 bits per heavy atom. The van der Waals surface area contributed by atoms with Crippen LogP contribution in [-0.2, 0) is 11.3 Å². The van der Waals surface area contributed by atoms with Crippen LogP contribution in [0.4, 0.5) is 5.69 Å². The monoisotopic (exact) mass is 418 g/mol. The molecule has 1 aromatic carbocycles. The van der Waals surface area contributed by atoms with Gasteiger partial charge in [0, 0.05) is 37.6 Å². The van der Waals surface area contributed by atoms with Gasteiger partial charge in [-0.25, -0.2) is 9.67 Å². The lowest BCUT2D eigenvalue weighted by Gasteiger charge is -2.25. The van der Waals surface area contributed by atoms with Crippen LogP contribution in [0.3, 0.4) is 0 Å². The first-order valence-electron chi connectivity index (χ1n) is 10.7. The summed E-state index contributed by atoms with van der Waals surface area (Å²) in [4.78, 5) is 4.66. The van der Waals surface area contributed by atoms with Crippen molar-refractivity contribution in [1.29, 1.82) is 0 Å². The number of hydrogen-bond acceptors (Lipinski definition) is 7. The highest BCUT2D eigenvalue weighted by Crippen LogP contribution is 2.36. The van der Waals surface area contributed by atoms with Gasteiger partial charge in [-0.1, -0.05) is 17.7 Å². The Morgan fingerprint density at radius 2 is 1.84 bits per heavy atom. The number of aromatic nitrogens is 5. The molecule has 0 spiro atoms. The van der Waals surface area contributed by atoms with E-state index in [4.69, 9.17) is 9.15 Å². The molecule has 0 bridgehead atoms. The fraction of sp³-hybridized carbons (Fsp3) is 0.391. The molecule has 160 valence electrons. The Balaban J connectivity index is 1.59. The van der Waals surface area contributed by atoms with Crippen LogP contribution < -0.4 is 5.32 Å². The molecule has 0 radical (unpaired) electrons. The standard InChI is InChI=1S/C23H26N6O2/c1-4-29-21-18(13-25-29)20(26-16-7-9-30-10-8-16)19(12-24-21)23-28-27-22(31-23)17-6-5-14(2)11-15(17)3/h5-6,11-13,16H,4,7-10H2,1-3H3,(H,24,26). The molecule has 1 aliphatic heterocycles. The molecule has 4 aromatic rings. The Labute approximate surface area is 180 Å². The number of aryl methyl sites for hydroxylation is 3. The van der Waals surface area contributed by atoms with Crippen molar-refractivity contribution in [2.24, 2.45) is 0 Å². The maximum atomic E-state index is 6.13. The van der Waals surface area contributed by atoms with E-state index < -0.39 is 0 Å². The molecule has 0 saturated carbocycles. The van der Waals surface area contributed by atoms with Crippen LogP contribution in [0.5, 0.6) is 0 Å². The average molecular weight is 419 g/mol. The van der Waals surface area contributed by atoms with Gasteiger partial charge in [0.05, 0.1) is 22.8 Å². The lowest BCUT2D eigenvalue weighted by atomic mass is 10.1. The topological polar surface area (TPSA) is 90.9 Å². The first-order chi connectivity index (χ1) is 15.1. The van der Waals surface area contributed by atoms with Crippen molar-refractivity contribution in [3.05, 3.63) is 41.7 Å². The highest BCUT2D eigenvalue weighted by Gasteiger charge is 2.23. The summed E-state index contributed by atoms with van der Waals surface area (Å²) in [6, 6.07) is 6.50. The molecule has 0 aliphatic carbocycles. The SMILES string of the molecule is CCn1ncc2c(NC3CCOCC3)c(-c3nnc(-c4ccc(C)cc4C)o3)cnc21. The van der Waals surface area contributed by atoms with Crippen molar-refractivity contribution < 1.29 is 9.15 Å². The maximum absolute atomic E-state index is 6.13. The molecule has 1 saturated heterocycles. The minimum atomic E-state index is 0.310. The van der Waals surface area contributed by atoms with Crippen molar-refractivity contribution >= 4 is 16.7 Å². The molecule has 8 nitrogen and oxygen atoms in total. The Morgan fingerprint density at radius 3 is 2.58 bits per heavy atom. The predicted octanol–water partition coefficient (Wildman–Crippen LogP) is 4.38. The van der Waals surface area contributed by atoms with E-state index in [0.29, 0.717) is 17.8 Å². The lowest BCUT2D eigenvalue weighted by Crippen LogP contribution is -2.28. The van der Waals surface area contributed by atoms with Crippen molar-refractivity contribution in [2.45, 2.75) is 46.2 Å². The zero-order chi connectivity index (χ0) is 21.4. The van der Waals surface area contributed by atoms with Gasteiger partial charge in [-0.2, -0.15) is 5.10 Å². The quantitative estimate of drug-likeness (QED) is 0.514. The third-order valence-corrected chi connectivity index (χ3v) is 5.80. The van der Waals surface area contributed by atoms with E-state index in [2.05, 4.69) is 58.5 Å². The number of benzene rings is 1. The van der Waals surface area contributed by atoms with Crippen LogP contribution in [0.25, 0.3) is 33.9 Å². The number of pyridine rings is 1. The van der Waals surface area contributed by atoms with Crippen LogP contribution in [-0.4, -0.2) is 44.2 Å². The summed E-state index contributed by atoms with van der Waals surface area (Å²) in [7, 11) is 0. The van der Waals surface area contributed by atoms with E-state index in [-0.39, 0.29) is 0 Å². The Bertz CT molecular complexity index is 1220. The van der Waals surface area contributed by atoms with Gasteiger partial charge in [-0.05, 0) is 45.2 Å². The van der Waals surface area contributed by atoms with E-state index in [0.717, 1.165) is 66.0 Å². The summed E-state index contributed by atoms with van der Waals surface area (Å²) in [6.45, 7) is 8.45. The van der Waals surface area contributed by atoms with Gasteiger partial charge in [-0.15, -0.1) is 10.2 Å². The molecule has 31 heavy (non-hydrogen) atoms. The molecular weight excluding hydrogens is 392 g/mol. The fourth-order valence-electron chi connectivity index (χ4n) is 4.12. The maximum Gasteiger partial charge on any atom is 0.251 e. The zero-order valence-corrected chi connectivity index (χ0v) is 18.1. The second kappa shape index (κ2) is 8.11. The summed E-state index contributed by atoms with van der Waals surface area (Å²) in [5, 5.41) is 17.8. The van der Waals surface area contributed by atoms with E-state index in [1.165, 1.54) is 5.56 Å². The second-order valence-corrected chi connectivity index (χ2v) is 8.01.